The normalized spacial score (nSPS) is 31.8. The summed E-state index contributed by atoms with van der Waals surface area (Å²) in [5.41, 5.74) is 0.981. The molecule has 1 aromatic rings. The molecule has 4 aliphatic rings. The Bertz CT molecular complexity index is 1190. The van der Waals surface area contributed by atoms with Gasteiger partial charge in [0.25, 0.3) is 0 Å². The van der Waals surface area contributed by atoms with Gasteiger partial charge in [-0.25, -0.2) is 8.78 Å². The minimum atomic E-state index is -2.65. The van der Waals surface area contributed by atoms with Crippen LogP contribution in [0.3, 0.4) is 0 Å². The fourth-order valence-electron chi connectivity index (χ4n) is 7.18. The molecule has 0 spiro atoms. The van der Waals surface area contributed by atoms with Crippen molar-refractivity contribution in [3.63, 3.8) is 0 Å². The van der Waals surface area contributed by atoms with Crippen molar-refractivity contribution in [2.45, 2.75) is 107 Å². The Morgan fingerprint density at radius 3 is 2.48 bits per heavy atom. The first-order valence-corrected chi connectivity index (χ1v) is 16.0. The van der Waals surface area contributed by atoms with Gasteiger partial charge in [-0.15, -0.1) is 0 Å². The predicted octanol–water partition coefficient (Wildman–Crippen LogP) is 1.95. The number of amides is 4. The molecular formula is C32H45F2N5O5. The molecule has 6 atom stereocenters. The Hall–Kier alpha value is -3.12. The van der Waals surface area contributed by atoms with Gasteiger partial charge in [0.1, 0.15) is 6.04 Å². The Kier molecular flexibility index (Phi) is 10.2. The number of hydrogen-bond donors (Lipinski definition) is 4. The molecule has 5 rings (SSSR count). The summed E-state index contributed by atoms with van der Waals surface area (Å²) in [6.45, 7) is 3.01. The van der Waals surface area contributed by atoms with Crippen LogP contribution in [0.2, 0.25) is 0 Å². The number of aliphatic hydroxyl groups is 1. The van der Waals surface area contributed by atoms with Gasteiger partial charge in [-0.3, -0.25) is 19.2 Å². The molecule has 1 aliphatic carbocycles. The van der Waals surface area contributed by atoms with E-state index in [2.05, 4.69) is 16.0 Å². The summed E-state index contributed by atoms with van der Waals surface area (Å²) >= 11 is 0. The van der Waals surface area contributed by atoms with E-state index in [9.17, 15) is 33.1 Å². The zero-order chi connectivity index (χ0) is 31.4. The fourth-order valence-corrected chi connectivity index (χ4v) is 7.18. The molecule has 3 aliphatic heterocycles. The maximum Gasteiger partial charge on any atom is 0.248 e. The molecule has 0 radical (unpaired) electrons. The first-order chi connectivity index (χ1) is 21.0. The molecule has 4 amide bonds. The van der Waals surface area contributed by atoms with Crippen LogP contribution in [0.15, 0.2) is 30.3 Å². The highest BCUT2D eigenvalue weighted by Gasteiger charge is 2.44. The lowest BCUT2D eigenvalue weighted by molar-refractivity contribution is -0.141. The number of halogens is 2. The number of carbonyl (C=O) groups excluding carboxylic acids is 4. The lowest BCUT2D eigenvalue weighted by Gasteiger charge is -2.39. The Morgan fingerprint density at radius 1 is 1.02 bits per heavy atom. The van der Waals surface area contributed by atoms with Crippen LogP contribution in [0.5, 0.6) is 0 Å². The second-order valence-corrected chi connectivity index (χ2v) is 13.2. The highest BCUT2D eigenvalue weighted by molar-refractivity contribution is 5.89. The minimum Gasteiger partial charge on any atom is -0.390 e. The molecule has 3 heterocycles. The van der Waals surface area contributed by atoms with E-state index in [1.54, 1.807) is 16.7 Å². The summed E-state index contributed by atoms with van der Waals surface area (Å²) in [7, 11) is 0. The van der Waals surface area contributed by atoms with Crippen LogP contribution in [0, 0.1) is 11.8 Å². The number of nitrogens with zero attached hydrogens (tertiary/aromatic N) is 2. The van der Waals surface area contributed by atoms with Gasteiger partial charge in [0.2, 0.25) is 29.6 Å². The molecule has 44 heavy (non-hydrogen) atoms. The number of rotatable bonds is 6. The van der Waals surface area contributed by atoms with Crippen molar-refractivity contribution in [3.8, 4) is 0 Å². The van der Waals surface area contributed by atoms with E-state index in [1.165, 1.54) is 0 Å². The van der Waals surface area contributed by atoms with Crippen molar-refractivity contribution in [3.05, 3.63) is 35.9 Å². The molecule has 12 heteroatoms. The van der Waals surface area contributed by atoms with E-state index >= 15 is 0 Å². The van der Waals surface area contributed by atoms with Crippen LogP contribution in [0.1, 0.15) is 70.3 Å². The average Bonchev–Trinajstić information content (AvgIpc) is 3.42. The Morgan fingerprint density at radius 2 is 1.75 bits per heavy atom. The van der Waals surface area contributed by atoms with Crippen molar-refractivity contribution in [2.24, 2.45) is 11.8 Å². The zero-order valence-corrected chi connectivity index (χ0v) is 25.4. The van der Waals surface area contributed by atoms with Gasteiger partial charge < -0.3 is 30.9 Å². The van der Waals surface area contributed by atoms with Crippen LogP contribution in [0.25, 0.3) is 0 Å². The number of aliphatic hydroxyl groups excluding tert-OH is 1. The number of fused-ring (bicyclic) bond motifs is 3. The van der Waals surface area contributed by atoms with Gasteiger partial charge in [-0.2, -0.15) is 0 Å². The molecule has 0 aromatic heterocycles. The lowest BCUT2D eigenvalue weighted by atomic mass is 9.80. The largest absolute Gasteiger partial charge is 0.390 e. The standard InChI is InChI=1S/C32H45F2N5O5/c1-20-27(40)16-29(42)38-12-9-22(13-28(41)35-17-21-5-3-2-4-6-21)23(18-38)14-30(43)39-19-25(15-26(39)31(44)36-20)37-24-7-10-32(33,34)11-8-24/h2-6,20,22-27,37,40H,7-19H2,1H3,(H,35,41)(H,36,44)/t20-,22-,23-,25-,26-,27-/m0/s1. The lowest BCUT2D eigenvalue weighted by Crippen LogP contribution is -2.51. The number of alkyl halides is 2. The van der Waals surface area contributed by atoms with Gasteiger partial charge in [0.15, 0.2) is 0 Å². The zero-order valence-electron chi connectivity index (χ0n) is 25.4. The molecule has 1 aromatic carbocycles. The van der Waals surface area contributed by atoms with E-state index in [-0.39, 0.29) is 80.3 Å². The van der Waals surface area contributed by atoms with Gasteiger partial charge in [0, 0.05) is 63.9 Å². The van der Waals surface area contributed by atoms with Crippen molar-refractivity contribution in [2.75, 3.05) is 19.6 Å². The Balaban J connectivity index is 1.30. The highest BCUT2D eigenvalue weighted by Crippen LogP contribution is 2.35. The van der Waals surface area contributed by atoms with Gasteiger partial charge in [0.05, 0.1) is 18.6 Å². The maximum absolute atomic E-state index is 13.9. The summed E-state index contributed by atoms with van der Waals surface area (Å²) in [4.78, 5) is 56.7. The third-order valence-electron chi connectivity index (χ3n) is 9.90. The monoisotopic (exact) mass is 617 g/mol. The second kappa shape index (κ2) is 13.9. The average molecular weight is 618 g/mol. The van der Waals surface area contributed by atoms with E-state index in [4.69, 9.17) is 0 Å². The van der Waals surface area contributed by atoms with E-state index in [0.717, 1.165) is 5.56 Å². The molecule has 3 saturated heterocycles. The molecule has 4 fully saturated rings. The molecule has 4 N–H and O–H groups in total. The van der Waals surface area contributed by atoms with Crippen molar-refractivity contribution >= 4 is 23.6 Å². The van der Waals surface area contributed by atoms with Crippen LogP contribution in [-0.4, -0.2) is 94.4 Å². The third kappa shape index (κ3) is 8.12. The molecule has 1 saturated carbocycles. The first kappa shape index (κ1) is 32.3. The van der Waals surface area contributed by atoms with Gasteiger partial charge in [-0.05, 0) is 50.0 Å². The van der Waals surface area contributed by atoms with Gasteiger partial charge in [-0.1, -0.05) is 30.3 Å². The number of hydrogen-bond acceptors (Lipinski definition) is 6. The van der Waals surface area contributed by atoms with Crippen molar-refractivity contribution < 1.29 is 33.1 Å². The van der Waals surface area contributed by atoms with Crippen LogP contribution in [0.4, 0.5) is 8.78 Å². The van der Waals surface area contributed by atoms with E-state index < -0.39 is 30.0 Å². The molecular weight excluding hydrogens is 572 g/mol. The molecule has 2 bridgehead atoms. The molecule has 10 nitrogen and oxygen atoms in total. The summed E-state index contributed by atoms with van der Waals surface area (Å²) in [5.74, 6) is -4.09. The summed E-state index contributed by atoms with van der Waals surface area (Å²) in [6, 6.07) is 7.75. The molecule has 242 valence electrons. The smallest absolute Gasteiger partial charge is 0.248 e. The summed E-state index contributed by atoms with van der Waals surface area (Å²) < 4.78 is 27.4. The first-order valence-electron chi connectivity index (χ1n) is 16.0. The van der Waals surface area contributed by atoms with Crippen molar-refractivity contribution in [1.29, 1.82) is 0 Å². The van der Waals surface area contributed by atoms with Gasteiger partial charge >= 0.3 is 0 Å². The number of nitrogens with one attached hydrogen (secondary N) is 3. The maximum atomic E-state index is 13.9. The van der Waals surface area contributed by atoms with E-state index in [0.29, 0.717) is 45.3 Å². The molecule has 0 unspecified atom stereocenters. The summed E-state index contributed by atoms with van der Waals surface area (Å²) in [6.07, 6.45) is 0.199. The number of benzene rings is 1. The minimum absolute atomic E-state index is 0.0741. The quantitative estimate of drug-likeness (QED) is 0.386. The van der Waals surface area contributed by atoms with E-state index in [1.807, 2.05) is 30.3 Å². The van der Waals surface area contributed by atoms with Crippen molar-refractivity contribution in [1.82, 2.24) is 25.8 Å². The third-order valence-corrected chi connectivity index (χ3v) is 9.90. The predicted molar refractivity (Wildman–Crippen MR) is 158 cm³/mol. The number of piperidine rings is 1. The summed E-state index contributed by atoms with van der Waals surface area (Å²) in [5, 5.41) is 20.0. The highest BCUT2D eigenvalue weighted by atomic mass is 19.3. The topological polar surface area (TPSA) is 131 Å². The second-order valence-electron chi connectivity index (χ2n) is 13.2. The SMILES string of the molecule is C[C@@H]1NC(=O)[C@@H]2C[C@H](NC3CCC(F)(F)CC3)CN2C(=O)C[C@H]2CN(CC[C@H]2CC(=O)NCc2ccccc2)C(=O)C[C@@H]1O. The number of carbonyl (C=O) groups is 4. The van der Waals surface area contributed by atoms with Crippen LogP contribution >= 0.6 is 0 Å². The van der Waals surface area contributed by atoms with Crippen LogP contribution < -0.4 is 16.0 Å². The fraction of sp³-hybridized carbons (Fsp3) is 0.688. The van der Waals surface area contributed by atoms with Crippen LogP contribution in [-0.2, 0) is 25.7 Å². The Labute approximate surface area is 257 Å².